The summed E-state index contributed by atoms with van der Waals surface area (Å²) in [5, 5.41) is 15.4. The Hall–Kier alpha value is -2.40. The molecule has 4 rings (SSSR count). The van der Waals surface area contributed by atoms with Gasteiger partial charge in [-0.3, -0.25) is 0 Å². The number of anilines is 1. The topological polar surface area (TPSA) is 53.7 Å². The first kappa shape index (κ1) is 14.2. The molecule has 3 heterocycles. The Kier molecular flexibility index (Phi) is 3.31. The van der Waals surface area contributed by atoms with Gasteiger partial charge in [0.25, 0.3) is 0 Å². The smallest absolute Gasteiger partial charge is 0.157 e. The van der Waals surface area contributed by atoms with E-state index in [4.69, 9.17) is 0 Å². The Morgan fingerprint density at radius 2 is 2.04 bits per heavy atom. The molecule has 0 amide bonds. The van der Waals surface area contributed by atoms with Crippen molar-refractivity contribution in [3.05, 3.63) is 59.9 Å². The first-order valence-corrected chi connectivity index (χ1v) is 8.06. The number of nitrogens with zero attached hydrogens (tertiary/aromatic N) is 4. The molecule has 0 spiro atoms. The van der Waals surface area contributed by atoms with Gasteiger partial charge in [0.15, 0.2) is 5.65 Å². The summed E-state index contributed by atoms with van der Waals surface area (Å²) in [6, 6.07) is 13.9. The van der Waals surface area contributed by atoms with E-state index in [1.54, 1.807) is 6.20 Å². The lowest BCUT2D eigenvalue weighted by Gasteiger charge is -2.25. The van der Waals surface area contributed by atoms with Crippen LogP contribution in [-0.2, 0) is 12.0 Å². The van der Waals surface area contributed by atoms with Gasteiger partial charge in [0, 0.05) is 24.4 Å². The Bertz CT molecular complexity index is 829. The molecular formula is C18H20N4O. The van der Waals surface area contributed by atoms with Gasteiger partial charge in [-0.05, 0) is 18.4 Å². The lowest BCUT2D eigenvalue weighted by atomic mass is 9.93. The molecule has 0 aliphatic carbocycles. The largest absolute Gasteiger partial charge is 0.383 e. The minimum atomic E-state index is -0.809. The second kappa shape index (κ2) is 5.35. The first-order chi connectivity index (χ1) is 11.2. The molecular weight excluding hydrogens is 288 g/mol. The maximum atomic E-state index is 11.1. The molecule has 23 heavy (non-hydrogen) atoms. The van der Waals surface area contributed by atoms with Gasteiger partial charge < -0.3 is 10.0 Å². The average Bonchev–Trinajstić information content (AvgIpc) is 3.22. The molecule has 5 heteroatoms. The fourth-order valence-electron chi connectivity index (χ4n) is 3.33. The third kappa shape index (κ3) is 2.37. The fourth-order valence-corrected chi connectivity index (χ4v) is 3.33. The lowest BCUT2D eigenvalue weighted by Crippen LogP contribution is -2.31. The average molecular weight is 308 g/mol. The molecule has 1 N–H and O–H groups in total. The second-order valence-corrected chi connectivity index (χ2v) is 6.13. The highest BCUT2D eigenvalue weighted by atomic mass is 16.3. The van der Waals surface area contributed by atoms with Crippen molar-refractivity contribution in [1.82, 2.24) is 14.6 Å². The number of benzene rings is 1. The number of rotatable bonds is 3. The quantitative estimate of drug-likeness (QED) is 0.807. The van der Waals surface area contributed by atoms with Crippen LogP contribution in [0.15, 0.2) is 48.7 Å². The summed E-state index contributed by atoms with van der Waals surface area (Å²) in [6.07, 6.45) is 3.36. The summed E-state index contributed by atoms with van der Waals surface area (Å²) in [4.78, 5) is 6.79. The molecule has 0 bridgehead atoms. The van der Waals surface area contributed by atoms with Crippen LogP contribution >= 0.6 is 0 Å². The van der Waals surface area contributed by atoms with Crippen LogP contribution in [0.4, 0.5) is 5.82 Å². The number of aromatic nitrogens is 3. The highest BCUT2D eigenvalue weighted by Crippen LogP contribution is 2.34. The van der Waals surface area contributed by atoms with Crippen molar-refractivity contribution in [2.45, 2.75) is 25.4 Å². The zero-order chi connectivity index (χ0) is 15.9. The van der Waals surface area contributed by atoms with E-state index in [1.807, 2.05) is 40.9 Å². The predicted octanol–water partition coefficient (Wildman–Crippen LogP) is 2.39. The highest BCUT2D eigenvalue weighted by Gasteiger charge is 2.38. The van der Waals surface area contributed by atoms with Crippen molar-refractivity contribution in [3.8, 4) is 0 Å². The summed E-state index contributed by atoms with van der Waals surface area (Å²) >= 11 is 0. The molecule has 118 valence electrons. The molecule has 1 atom stereocenters. The predicted molar refractivity (Wildman–Crippen MR) is 89.5 cm³/mol. The van der Waals surface area contributed by atoms with Crippen molar-refractivity contribution in [3.63, 3.8) is 0 Å². The van der Waals surface area contributed by atoms with E-state index in [2.05, 4.69) is 28.0 Å². The van der Waals surface area contributed by atoms with E-state index in [0.717, 1.165) is 35.7 Å². The Labute approximate surface area is 135 Å². The maximum Gasteiger partial charge on any atom is 0.157 e. The van der Waals surface area contributed by atoms with Crippen molar-refractivity contribution in [2.24, 2.45) is 0 Å². The Morgan fingerprint density at radius 3 is 2.83 bits per heavy atom. The minimum absolute atomic E-state index is 0.569. The summed E-state index contributed by atoms with van der Waals surface area (Å²) in [5.41, 5.74) is 2.07. The number of aliphatic hydroxyl groups is 1. The van der Waals surface area contributed by atoms with Crippen LogP contribution in [0.2, 0.25) is 0 Å². The van der Waals surface area contributed by atoms with E-state index < -0.39 is 5.60 Å². The molecule has 2 aromatic heterocycles. The van der Waals surface area contributed by atoms with Gasteiger partial charge in [0.05, 0.1) is 12.7 Å². The van der Waals surface area contributed by atoms with Gasteiger partial charge in [-0.25, -0.2) is 4.98 Å². The summed E-state index contributed by atoms with van der Waals surface area (Å²) in [7, 11) is 0. The molecule has 0 saturated carbocycles. The summed E-state index contributed by atoms with van der Waals surface area (Å²) in [5.74, 6) is 1.00. The number of β-amino-alcohol motifs (C(OH)–C–C–N with tert-alkyl or cyclic N) is 1. The minimum Gasteiger partial charge on any atom is -0.383 e. The van der Waals surface area contributed by atoms with Crippen LogP contribution in [-0.4, -0.2) is 32.8 Å². The van der Waals surface area contributed by atoms with E-state index in [9.17, 15) is 5.11 Å². The van der Waals surface area contributed by atoms with E-state index in [-0.39, 0.29) is 0 Å². The lowest BCUT2D eigenvalue weighted by molar-refractivity contribution is 0.0606. The van der Waals surface area contributed by atoms with Crippen molar-refractivity contribution < 1.29 is 5.11 Å². The van der Waals surface area contributed by atoms with E-state index >= 15 is 0 Å². The van der Waals surface area contributed by atoms with E-state index in [1.165, 1.54) is 0 Å². The van der Waals surface area contributed by atoms with Crippen molar-refractivity contribution in [2.75, 3.05) is 18.0 Å². The van der Waals surface area contributed by atoms with Crippen LogP contribution in [0.1, 0.15) is 24.6 Å². The fraction of sp³-hybridized carbons (Fsp3) is 0.333. The summed E-state index contributed by atoms with van der Waals surface area (Å²) in [6.45, 7) is 3.47. The Morgan fingerprint density at radius 1 is 1.22 bits per heavy atom. The van der Waals surface area contributed by atoms with Gasteiger partial charge >= 0.3 is 0 Å². The Balaban J connectivity index is 1.72. The molecule has 3 aromatic rings. The standard InChI is InChI=1S/C18H20N4O/c1-2-15-12-17(22-16(20-15)8-10-19-22)21-11-9-18(23,13-21)14-6-4-3-5-7-14/h3-8,10,12,23H,2,9,11,13H2,1H3/t18-/m1/s1. The SMILES string of the molecule is CCc1cc(N2CC[C@](O)(c3ccccc3)C2)n2nccc2n1. The third-order valence-electron chi connectivity index (χ3n) is 4.64. The van der Waals surface area contributed by atoms with Crippen LogP contribution in [0.5, 0.6) is 0 Å². The maximum absolute atomic E-state index is 11.1. The molecule has 1 saturated heterocycles. The van der Waals surface area contributed by atoms with Gasteiger partial charge in [0.2, 0.25) is 0 Å². The summed E-state index contributed by atoms with van der Waals surface area (Å²) < 4.78 is 1.86. The zero-order valence-corrected chi connectivity index (χ0v) is 13.2. The normalized spacial score (nSPS) is 21.2. The first-order valence-electron chi connectivity index (χ1n) is 8.06. The van der Waals surface area contributed by atoms with Crippen molar-refractivity contribution >= 4 is 11.5 Å². The van der Waals surface area contributed by atoms with E-state index in [0.29, 0.717) is 13.0 Å². The van der Waals surface area contributed by atoms with Crippen LogP contribution in [0.3, 0.4) is 0 Å². The molecule has 0 radical (unpaired) electrons. The third-order valence-corrected chi connectivity index (χ3v) is 4.64. The number of hydrogen-bond donors (Lipinski definition) is 1. The zero-order valence-electron chi connectivity index (χ0n) is 13.2. The molecule has 1 fully saturated rings. The number of hydrogen-bond acceptors (Lipinski definition) is 4. The molecule has 1 aliphatic rings. The number of aryl methyl sites for hydroxylation is 1. The molecule has 1 aromatic carbocycles. The number of fused-ring (bicyclic) bond motifs is 1. The highest BCUT2D eigenvalue weighted by molar-refractivity contribution is 5.52. The molecule has 1 aliphatic heterocycles. The van der Waals surface area contributed by atoms with Gasteiger partial charge in [0.1, 0.15) is 11.4 Å². The van der Waals surface area contributed by atoms with Crippen LogP contribution in [0, 0.1) is 0 Å². The van der Waals surface area contributed by atoms with Crippen LogP contribution in [0.25, 0.3) is 5.65 Å². The van der Waals surface area contributed by atoms with Gasteiger partial charge in [-0.15, -0.1) is 0 Å². The molecule has 5 nitrogen and oxygen atoms in total. The van der Waals surface area contributed by atoms with Crippen LogP contribution < -0.4 is 4.90 Å². The molecule has 0 unspecified atom stereocenters. The van der Waals surface area contributed by atoms with Gasteiger partial charge in [-0.1, -0.05) is 37.3 Å². The van der Waals surface area contributed by atoms with Crippen molar-refractivity contribution in [1.29, 1.82) is 0 Å². The second-order valence-electron chi connectivity index (χ2n) is 6.13. The monoisotopic (exact) mass is 308 g/mol. The van der Waals surface area contributed by atoms with Gasteiger partial charge in [-0.2, -0.15) is 9.61 Å².